The van der Waals surface area contributed by atoms with Gasteiger partial charge in [0.2, 0.25) is 17.6 Å². The van der Waals surface area contributed by atoms with E-state index in [2.05, 4.69) is 20.6 Å². The number of rotatable bonds is 7. The van der Waals surface area contributed by atoms with Crippen molar-refractivity contribution in [2.75, 3.05) is 36.6 Å². The minimum atomic E-state index is -0.612. The number of ether oxygens (including phenoxy) is 1. The molecule has 0 bridgehead atoms. The number of methoxy groups -OCH3 is 1. The highest BCUT2D eigenvalue weighted by Gasteiger charge is 2.23. The van der Waals surface area contributed by atoms with E-state index in [0.717, 1.165) is 0 Å². The maximum atomic E-state index is 11.2. The molecule has 4 N–H and O–H groups in total. The number of nitrogens with two attached hydrogens (primary N) is 1. The Kier molecular flexibility index (Phi) is 5.04. The Bertz CT molecular complexity index is 650. The van der Waals surface area contributed by atoms with Gasteiger partial charge in [0.15, 0.2) is 0 Å². The van der Waals surface area contributed by atoms with Gasteiger partial charge in [-0.2, -0.15) is 9.97 Å². The van der Waals surface area contributed by atoms with Gasteiger partial charge in [-0.15, -0.1) is 0 Å². The fourth-order valence-corrected chi connectivity index (χ4v) is 1.74. The number of nitrogen functional groups attached to an aromatic ring is 1. The standard InChI is InChI=1S/C13H16N6O3/c1-22-8-7-15-13-17-11(14)10(19(20)21)12(18-13)16-9-5-3-2-4-6-9/h2-6H,7-8H2,1H3,(H4,14,15,16,17,18). The summed E-state index contributed by atoms with van der Waals surface area (Å²) in [4.78, 5) is 18.6. The van der Waals surface area contributed by atoms with E-state index in [0.29, 0.717) is 18.8 Å². The van der Waals surface area contributed by atoms with E-state index in [1.54, 1.807) is 31.4 Å². The van der Waals surface area contributed by atoms with E-state index in [4.69, 9.17) is 10.5 Å². The molecule has 0 aliphatic heterocycles. The first-order valence-corrected chi connectivity index (χ1v) is 6.48. The SMILES string of the molecule is COCCNc1nc(N)c([N+](=O)[O-])c(Nc2ccccc2)n1. The predicted octanol–water partition coefficient (Wildman–Crippen LogP) is 1.77. The maximum absolute atomic E-state index is 11.2. The summed E-state index contributed by atoms with van der Waals surface area (Å²) in [7, 11) is 1.56. The third kappa shape index (κ3) is 3.79. The van der Waals surface area contributed by atoms with Crippen molar-refractivity contribution in [2.45, 2.75) is 0 Å². The molecule has 0 radical (unpaired) electrons. The van der Waals surface area contributed by atoms with Crippen LogP contribution in [0.15, 0.2) is 30.3 Å². The van der Waals surface area contributed by atoms with Crippen molar-refractivity contribution in [1.82, 2.24) is 9.97 Å². The Labute approximate surface area is 126 Å². The van der Waals surface area contributed by atoms with Crippen LogP contribution in [0.3, 0.4) is 0 Å². The first kappa shape index (κ1) is 15.4. The van der Waals surface area contributed by atoms with Crippen molar-refractivity contribution in [3.05, 3.63) is 40.4 Å². The summed E-state index contributed by atoms with van der Waals surface area (Å²) in [6.07, 6.45) is 0. The van der Waals surface area contributed by atoms with Gasteiger partial charge in [-0.1, -0.05) is 18.2 Å². The van der Waals surface area contributed by atoms with Crippen molar-refractivity contribution in [3.8, 4) is 0 Å². The van der Waals surface area contributed by atoms with Crippen LogP contribution in [0.5, 0.6) is 0 Å². The normalized spacial score (nSPS) is 10.2. The van der Waals surface area contributed by atoms with Crippen LogP contribution in [-0.4, -0.2) is 35.2 Å². The lowest BCUT2D eigenvalue weighted by molar-refractivity contribution is -0.383. The Balaban J connectivity index is 2.33. The highest BCUT2D eigenvalue weighted by Crippen LogP contribution is 2.31. The highest BCUT2D eigenvalue weighted by atomic mass is 16.6. The van der Waals surface area contributed by atoms with Crippen LogP contribution in [0, 0.1) is 10.1 Å². The van der Waals surface area contributed by atoms with Gasteiger partial charge >= 0.3 is 5.69 Å². The van der Waals surface area contributed by atoms with Gasteiger partial charge in [-0.05, 0) is 12.1 Å². The van der Waals surface area contributed by atoms with Crippen LogP contribution < -0.4 is 16.4 Å². The number of nitrogens with one attached hydrogen (secondary N) is 2. The molecule has 0 saturated carbocycles. The lowest BCUT2D eigenvalue weighted by atomic mass is 10.3. The number of aromatic nitrogens is 2. The molecule has 0 spiro atoms. The maximum Gasteiger partial charge on any atom is 0.353 e. The fourth-order valence-electron chi connectivity index (χ4n) is 1.74. The van der Waals surface area contributed by atoms with Gasteiger partial charge in [-0.25, -0.2) is 0 Å². The lowest BCUT2D eigenvalue weighted by Gasteiger charge is -2.10. The highest BCUT2D eigenvalue weighted by molar-refractivity contribution is 5.74. The van der Waals surface area contributed by atoms with E-state index in [9.17, 15) is 10.1 Å². The van der Waals surface area contributed by atoms with E-state index >= 15 is 0 Å². The molecule has 1 aromatic carbocycles. The number of para-hydroxylation sites is 1. The molecule has 0 fully saturated rings. The van der Waals surface area contributed by atoms with Crippen molar-refractivity contribution in [3.63, 3.8) is 0 Å². The number of anilines is 4. The third-order valence-corrected chi connectivity index (χ3v) is 2.72. The molecular weight excluding hydrogens is 288 g/mol. The smallest absolute Gasteiger partial charge is 0.353 e. The molecule has 1 aromatic heterocycles. The van der Waals surface area contributed by atoms with Crippen LogP contribution >= 0.6 is 0 Å². The molecule has 0 aliphatic rings. The van der Waals surface area contributed by atoms with Gasteiger partial charge in [0, 0.05) is 19.3 Å². The van der Waals surface area contributed by atoms with Crippen LogP contribution in [-0.2, 0) is 4.74 Å². The molecular formula is C13H16N6O3. The van der Waals surface area contributed by atoms with Crippen LogP contribution in [0.4, 0.5) is 29.0 Å². The van der Waals surface area contributed by atoms with E-state index in [-0.39, 0.29) is 23.3 Å². The second-order valence-corrected chi connectivity index (χ2v) is 4.30. The molecule has 9 heteroatoms. The third-order valence-electron chi connectivity index (χ3n) is 2.72. The Morgan fingerprint density at radius 2 is 2.05 bits per heavy atom. The van der Waals surface area contributed by atoms with Crippen LogP contribution in [0.2, 0.25) is 0 Å². The van der Waals surface area contributed by atoms with E-state index < -0.39 is 4.92 Å². The van der Waals surface area contributed by atoms with Crippen LogP contribution in [0.1, 0.15) is 0 Å². The van der Waals surface area contributed by atoms with E-state index in [1.165, 1.54) is 0 Å². The molecule has 2 aromatic rings. The monoisotopic (exact) mass is 304 g/mol. The first-order chi connectivity index (χ1) is 10.6. The summed E-state index contributed by atoms with van der Waals surface area (Å²) in [6.45, 7) is 0.903. The summed E-state index contributed by atoms with van der Waals surface area (Å²) < 4.78 is 4.91. The van der Waals surface area contributed by atoms with Crippen molar-refractivity contribution in [2.24, 2.45) is 0 Å². The summed E-state index contributed by atoms with van der Waals surface area (Å²) in [5, 5.41) is 16.9. The van der Waals surface area contributed by atoms with Crippen molar-refractivity contribution >= 4 is 29.0 Å². The zero-order chi connectivity index (χ0) is 15.9. The topological polar surface area (TPSA) is 128 Å². The molecule has 116 valence electrons. The average Bonchev–Trinajstić information content (AvgIpc) is 2.47. The molecule has 9 nitrogen and oxygen atoms in total. The fraction of sp³-hybridized carbons (Fsp3) is 0.231. The van der Waals surface area contributed by atoms with Gasteiger partial charge in [0.1, 0.15) is 0 Å². The summed E-state index contributed by atoms with van der Waals surface area (Å²) in [6, 6.07) is 8.97. The van der Waals surface area contributed by atoms with Crippen molar-refractivity contribution < 1.29 is 9.66 Å². The number of nitrogens with zero attached hydrogens (tertiary/aromatic N) is 3. The average molecular weight is 304 g/mol. The zero-order valence-electron chi connectivity index (χ0n) is 11.9. The van der Waals surface area contributed by atoms with Gasteiger partial charge in [-0.3, -0.25) is 10.1 Å². The molecule has 22 heavy (non-hydrogen) atoms. The second kappa shape index (κ2) is 7.18. The number of benzene rings is 1. The number of hydrogen-bond acceptors (Lipinski definition) is 8. The van der Waals surface area contributed by atoms with E-state index in [1.807, 2.05) is 6.07 Å². The first-order valence-electron chi connectivity index (χ1n) is 6.48. The molecule has 0 amide bonds. The van der Waals surface area contributed by atoms with Crippen molar-refractivity contribution in [1.29, 1.82) is 0 Å². The van der Waals surface area contributed by atoms with Gasteiger partial charge in [0.05, 0.1) is 11.5 Å². The molecule has 0 aliphatic carbocycles. The minimum absolute atomic E-state index is 0.0311. The molecule has 0 unspecified atom stereocenters. The largest absolute Gasteiger partial charge is 0.383 e. The summed E-state index contributed by atoms with van der Waals surface area (Å²) >= 11 is 0. The molecule has 0 saturated heterocycles. The number of hydrogen-bond donors (Lipinski definition) is 3. The summed E-state index contributed by atoms with van der Waals surface area (Å²) in [5.41, 5.74) is 5.98. The molecule has 1 heterocycles. The zero-order valence-corrected chi connectivity index (χ0v) is 11.9. The Morgan fingerprint density at radius 3 is 2.68 bits per heavy atom. The number of nitro groups is 1. The molecule has 0 atom stereocenters. The molecule has 2 rings (SSSR count). The second-order valence-electron chi connectivity index (χ2n) is 4.30. The Hall–Kier alpha value is -2.94. The van der Waals surface area contributed by atoms with Crippen LogP contribution in [0.25, 0.3) is 0 Å². The Morgan fingerprint density at radius 1 is 1.32 bits per heavy atom. The summed E-state index contributed by atoms with van der Waals surface area (Å²) in [5.74, 6) is 0.0144. The quantitative estimate of drug-likeness (QED) is 0.401. The van der Waals surface area contributed by atoms with Gasteiger partial charge in [0.25, 0.3) is 0 Å². The van der Waals surface area contributed by atoms with Gasteiger partial charge < -0.3 is 21.1 Å². The predicted molar refractivity (Wildman–Crippen MR) is 83.2 cm³/mol. The minimum Gasteiger partial charge on any atom is -0.383 e. The lowest BCUT2D eigenvalue weighted by Crippen LogP contribution is -2.13.